The van der Waals surface area contributed by atoms with E-state index in [2.05, 4.69) is 65.2 Å². The zero-order valence-electron chi connectivity index (χ0n) is 11.5. The first-order valence-corrected chi connectivity index (χ1v) is 7.57. The summed E-state index contributed by atoms with van der Waals surface area (Å²) in [4.78, 5) is 2.44. The number of nitrogens with one attached hydrogen (secondary N) is 1. The fourth-order valence-electron chi connectivity index (χ4n) is 2.73. The van der Waals surface area contributed by atoms with E-state index in [1.807, 2.05) is 0 Å². The Hall–Kier alpha value is -0.540. The largest absolute Gasteiger partial charge is 0.382 e. The highest BCUT2D eigenvalue weighted by Crippen LogP contribution is 2.25. The van der Waals surface area contributed by atoms with Crippen LogP contribution in [0.4, 0.5) is 5.69 Å². The molecule has 1 aliphatic heterocycles. The Morgan fingerprint density at radius 2 is 2.22 bits per heavy atom. The molecule has 1 aromatic carbocycles. The Morgan fingerprint density at radius 1 is 1.44 bits per heavy atom. The molecule has 1 saturated heterocycles. The third kappa shape index (κ3) is 3.48. The van der Waals surface area contributed by atoms with Crippen molar-refractivity contribution in [1.29, 1.82) is 0 Å². The molecule has 0 saturated carbocycles. The molecular formula is C15H23BrN2. The molecule has 1 N–H and O–H groups in total. The number of anilines is 1. The highest BCUT2D eigenvalue weighted by Gasteiger charge is 2.22. The van der Waals surface area contributed by atoms with Crippen LogP contribution in [-0.4, -0.2) is 31.1 Å². The van der Waals surface area contributed by atoms with Crippen LogP contribution in [0.1, 0.15) is 25.3 Å². The first-order valence-electron chi connectivity index (χ1n) is 6.77. The van der Waals surface area contributed by atoms with Gasteiger partial charge >= 0.3 is 0 Å². The average molecular weight is 311 g/mol. The van der Waals surface area contributed by atoms with Crippen LogP contribution >= 0.6 is 15.9 Å². The molecule has 0 spiro atoms. The number of likely N-dealkylation sites (tertiary alicyclic amines) is 1. The first kappa shape index (κ1) is 13.9. The van der Waals surface area contributed by atoms with Crippen molar-refractivity contribution in [3.8, 4) is 0 Å². The molecular weight excluding hydrogens is 288 g/mol. The molecule has 2 rings (SSSR count). The summed E-state index contributed by atoms with van der Waals surface area (Å²) < 4.78 is 1.14. The third-order valence-electron chi connectivity index (χ3n) is 3.95. The van der Waals surface area contributed by atoms with E-state index in [1.54, 1.807) is 0 Å². The fourth-order valence-corrected chi connectivity index (χ4v) is 3.09. The van der Waals surface area contributed by atoms with Crippen LogP contribution in [0, 0.1) is 12.8 Å². The Bertz CT molecular complexity index is 405. The quantitative estimate of drug-likeness (QED) is 0.911. The van der Waals surface area contributed by atoms with Gasteiger partial charge in [0.15, 0.2) is 0 Å². The first-order chi connectivity index (χ1) is 8.56. The second-order valence-electron chi connectivity index (χ2n) is 5.56. The van der Waals surface area contributed by atoms with Crippen molar-refractivity contribution in [1.82, 2.24) is 4.90 Å². The Kier molecular flexibility index (Phi) is 4.68. The third-order valence-corrected chi connectivity index (χ3v) is 4.44. The molecule has 2 nitrogen and oxygen atoms in total. The second-order valence-corrected chi connectivity index (χ2v) is 6.47. The summed E-state index contributed by atoms with van der Waals surface area (Å²) in [5.74, 6) is 0.752. The van der Waals surface area contributed by atoms with Crippen LogP contribution in [0.25, 0.3) is 0 Å². The summed E-state index contributed by atoms with van der Waals surface area (Å²) in [6.07, 6.45) is 2.66. The second kappa shape index (κ2) is 6.07. The van der Waals surface area contributed by atoms with E-state index < -0.39 is 0 Å². The van der Waals surface area contributed by atoms with E-state index in [0.717, 1.165) is 10.4 Å². The van der Waals surface area contributed by atoms with Gasteiger partial charge in [-0.3, -0.25) is 0 Å². The SMILES string of the molecule is Cc1ccc(Br)cc1NC(C)C1CCCN(C)C1. The van der Waals surface area contributed by atoms with Gasteiger partial charge in [0.1, 0.15) is 0 Å². The van der Waals surface area contributed by atoms with Crippen molar-refractivity contribution in [3.05, 3.63) is 28.2 Å². The van der Waals surface area contributed by atoms with Crippen LogP contribution in [-0.2, 0) is 0 Å². The van der Waals surface area contributed by atoms with Crippen LogP contribution in [0.3, 0.4) is 0 Å². The summed E-state index contributed by atoms with van der Waals surface area (Å²) in [7, 11) is 2.23. The molecule has 3 heteroatoms. The molecule has 0 aliphatic carbocycles. The molecule has 1 heterocycles. The molecule has 2 unspecified atom stereocenters. The topological polar surface area (TPSA) is 15.3 Å². The maximum atomic E-state index is 3.68. The molecule has 100 valence electrons. The van der Waals surface area contributed by atoms with Gasteiger partial charge in [-0.05, 0) is 63.9 Å². The number of rotatable bonds is 3. The van der Waals surface area contributed by atoms with E-state index in [4.69, 9.17) is 0 Å². The zero-order valence-corrected chi connectivity index (χ0v) is 13.1. The smallest absolute Gasteiger partial charge is 0.0383 e. The number of hydrogen-bond acceptors (Lipinski definition) is 2. The molecule has 0 amide bonds. The molecule has 0 bridgehead atoms. The van der Waals surface area contributed by atoms with Crippen molar-refractivity contribution < 1.29 is 0 Å². The minimum Gasteiger partial charge on any atom is -0.382 e. The van der Waals surface area contributed by atoms with E-state index in [9.17, 15) is 0 Å². The van der Waals surface area contributed by atoms with Crippen molar-refractivity contribution in [2.24, 2.45) is 5.92 Å². The molecule has 1 aromatic rings. The lowest BCUT2D eigenvalue weighted by molar-refractivity contribution is 0.197. The minimum atomic E-state index is 0.528. The van der Waals surface area contributed by atoms with Gasteiger partial charge in [-0.2, -0.15) is 0 Å². The molecule has 2 atom stereocenters. The number of nitrogens with zero attached hydrogens (tertiary/aromatic N) is 1. The summed E-state index contributed by atoms with van der Waals surface area (Å²) in [5.41, 5.74) is 2.57. The summed E-state index contributed by atoms with van der Waals surface area (Å²) in [6.45, 7) is 6.93. The van der Waals surface area contributed by atoms with Gasteiger partial charge in [-0.15, -0.1) is 0 Å². The van der Waals surface area contributed by atoms with E-state index >= 15 is 0 Å². The van der Waals surface area contributed by atoms with Crippen LogP contribution < -0.4 is 5.32 Å². The Labute approximate surface area is 119 Å². The predicted octanol–water partition coefficient (Wildman–Crippen LogP) is 3.90. The molecule has 1 fully saturated rings. The number of aryl methyl sites for hydroxylation is 1. The van der Waals surface area contributed by atoms with Crippen LogP contribution in [0.5, 0.6) is 0 Å². The lowest BCUT2D eigenvalue weighted by Crippen LogP contribution is -2.39. The molecule has 18 heavy (non-hydrogen) atoms. The van der Waals surface area contributed by atoms with Gasteiger partial charge in [0.05, 0.1) is 0 Å². The lowest BCUT2D eigenvalue weighted by Gasteiger charge is -2.34. The maximum Gasteiger partial charge on any atom is 0.0383 e. The Morgan fingerprint density at radius 3 is 2.94 bits per heavy atom. The van der Waals surface area contributed by atoms with Crippen LogP contribution in [0.15, 0.2) is 22.7 Å². The number of piperidine rings is 1. The number of benzene rings is 1. The van der Waals surface area contributed by atoms with Crippen LogP contribution in [0.2, 0.25) is 0 Å². The average Bonchev–Trinajstić information content (AvgIpc) is 2.34. The predicted molar refractivity (Wildman–Crippen MR) is 82.2 cm³/mol. The summed E-state index contributed by atoms with van der Waals surface area (Å²) >= 11 is 3.54. The fraction of sp³-hybridized carbons (Fsp3) is 0.600. The Balaban J connectivity index is 2.01. The number of halogens is 1. The standard InChI is InChI=1S/C15H23BrN2/c1-11-6-7-14(16)9-15(11)17-12(2)13-5-4-8-18(3)10-13/h6-7,9,12-13,17H,4-5,8,10H2,1-3H3. The van der Waals surface area contributed by atoms with E-state index in [0.29, 0.717) is 6.04 Å². The van der Waals surface area contributed by atoms with Gasteiger partial charge in [-0.25, -0.2) is 0 Å². The maximum absolute atomic E-state index is 3.68. The minimum absolute atomic E-state index is 0.528. The monoisotopic (exact) mass is 310 g/mol. The van der Waals surface area contributed by atoms with Crippen molar-refractivity contribution in [3.63, 3.8) is 0 Å². The van der Waals surface area contributed by atoms with E-state index in [-0.39, 0.29) is 0 Å². The van der Waals surface area contributed by atoms with Crippen molar-refractivity contribution in [2.75, 3.05) is 25.5 Å². The van der Waals surface area contributed by atoms with Gasteiger partial charge in [0, 0.05) is 22.7 Å². The highest BCUT2D eigenvalue weighted by atomic mass is 79.9. The normalized spacial score (nSPS) is 22.8. The number of hydrogen-bond donors (Lipinski definition) is 1. The zero-order chi connectivity index (χ0) is 13.1. The summed E-state index contributed by atoms with van der Waals surface area (Å²) in [5, 5.41) is 3.68. The summed E-state index contributed by atoms with van der Waals surface area (Å²) in [6, 6.07) is 6.96. The van der Waals surface area contributed by atoms with Gasteiger partial charge in [-0.1, -0.05) is 22.0 Å². The van der Waals surface area contributed by atoms with Gasteiger partial charge < -0.3 is 10.2 Å². The van der Waals surface area contributed by atoms with Crippen molar-refractivity contribution >= 4 is 21.6 Å². The lowest BCUT2D eigenvalue weighted by atomic mass is 9.91. The highest BCUT2D eigenvalue weighted by molar-refractivity contribution is 9.10. The molecule has 0 radical (unpaired) electrons. The molecule has 1 aliphatic rings. The van der Waals surface area contributed by atoms with Gasteiger partial charge in [0.25, 0.3) is 0 Å². The van der Waals surface area contributed by atoms with E-state index in [1.165, 1.54) is 37.2 Å². The molecule has 0 aromatic heterocycles. The van der Waals surface area contributed by atoms with Crippen molar-refractivity contribution in [2.45, 2.75) is 32.7 Å². The van der Waals surface area contributed by atoms with Gasteiger partial charge in [0.2, 0.25) is 0 Å².